The van der Waals surface area contributed by atoms with Gasteiger partial charge in [0.2, 0.25) is 70.5 Å². The van der Waals surface area contributed by atoms with Gasteiger partial charge in [-0.2, -0.15) is 0 Å². The fraction of sp³-hybridized carbons (Fsp3) is 0.534. The molecule has 0 unspecified atom stereocenters. The van der Waals surface area contributed by atoms with Gasteiger partial charge in [-0.1, -0.05) is 190 Å². The standard InChI is InChI=1S/2C14H22N2O2.3C13H20N2O2.C12H18N2O2.2C12H18N2O/c1-14(2,3)13(17)16(4)9-7-11-6-8-15-12(10-11)18-5;1-14(2,3)13(17)16(4)9-8-11-6-7-12(18-5)15-10-11;1-13(2,3)12(16)15-8-5-10-9-14-7-6-11(10)17-4;1-13(2,3)12(16)15-6-5-10-7-11(17-4)9-14-8-10;1-13(2,3)12(16)14-8-7-10-5-6-11(17-4)15-9-10;1-12(2,3)11(16)13-7-6-9-4-5-10(15)14-8-9;1-12(2,3)11(15)14-9-6-10-4-7-13-8-5-10;1-12(2,3)11(15)14-8-6-10-5-4-7-13-9-10/h6,8,10H,7,9H2,1-5H3;6-7,10H,8-9H2,1-5H3;6-7,9H,5,8H2,1-4H3,(H,15,16);7-9H,5-6H2,1-4H3,(H,15,16);5-6,9H,7-8H2,1-4H3,(H,14,16);4-5,8H,6-7H2,1-3H3,(H,13,16)(H,14,15);4-5,7-8H,6,9H2,1-3H3,(H,14,15);4-5,7,9H,6,8H2,1-3H3,(H,14,15). The Kier molecular flexibility index (Phi) is 53.0. The number of amides is 8. The molecule has 0 atom stereocenters. The smallest absolute Gasteiger partial charge is 0.247 e. The Morgan fingerprint density at radius 3 is 1.04 bits per heavy atom. The highest BCUT2D eigenvalue weighted by atomic mass is 16.5. The minimum absolute atomic E-state index is 0.0388. The number of hydrogen-bond acceptors (Lipinski definition) is 21. The molecule has 0 saturated heterocycles. The first-order valence-corrected chi connectivity index (χ1v) is 45.0. The Morgan fingerprint density at radius 2 is 0.669 bits per heavy atom. The molecule has 0 aliphatic rings. The van der Waals surface area contributed by atoms with E-state index in [0.29, 0.717) is 70.0 Å². The first-order chi connectivity index (χ1) is 61.9. The van der Waals surface area contributed by atoms with E-state index in [9.17, 15) is 43.2 Å². The van der Waals surface area contributed by atoms with Crippen molar-refractivity contribution in [1.82, 2.24) is 81.6 Å². The number of nitrogens with one attached hydrogen (secondary N) is 7. The van der Waals surface area contributed by atoms with E-state index in [1.165, 1.54) is 11.6 Å². The van der Waals surface area contributed by atoms with Crippen LogP contribution in [0.1, 0.15) is 211 Å². The normalized spacial score (nSPS) is 11.1. The second-order valence-electron chi connectivity index (χ2n) is 39.8. The molecule has 0 aromatic carbocycles. The third kappa shape index (κ3) is 53.2. The van der Waals surface area contributed by atoms with E-state index in [0.717, 1.165) is 102 Å². The summed E-state index contributed by atoms with van der Waals surface area (Å²) in [6.07, 6.45) is 27.2. The lowest BCUT2D eigenvalue weighted by Gasteiger charge is -2.26. The number of carbonyl (C=O) groups is 8. The molecular formula is C103H158N16O14. The van der Waals surface area contributed by atoms with E-state index < -0.39 is 0 Å². The van der Waals surface area contributed by atoms with Crippen LogP contribution >= 0.6 is 0 Å². The first-order valence-electron chi connectivity index (χ1n) is 45.0. The highest BCUT2D eigenvalue weighted by molar-refractivity contribution is 5.84. The van der Waals surface area contributed by atoms with Gasteiger partial charge < -0.3 is 70.4 Å². The number of carbonyl (C=O) groups excluding carboxylic acids is 8. The average Bonchev–Trinajstić information content (AvgIpc) is 0.872. The lowest BCUT2D eigenvalue weighted by atomic mass is 9.95. The Morgan fingerprint density at radius 1 is 0.308 bits per heavy atom. The summed E-state index contributed by atoms with van der Waals surface area (Å²) in [5.41, 5.74) is 5.95. The van der Waals surface area contributed by atoms with Crippen LogP contribution in [0, 0.1) is 43.3 Å². The van der Waals surface area contributed by atoms with E-state index in [4.69, 9.17) is 23.7 Å². The third-order valence-corrected chi connectivity index (χ3v) is 19.1. The molecule has 7 N–H and O–H groups in total. The number of methoxy groups -OCH3 is 5. The molecule has 0 spiro atoms. The predicted octanol–water partition coefficient (Wildman–Crippen LogP) is 14.3. The van der Waals surface area contributed by atoms with Crippen molar-refractivity contribution >= 4 is 47.3 Å². The molecule has 0 radical (unpaired) electrons. The van der Waals surface area contributed by atoms with Crippen molar-refractivity contribution in [2.75, 3.05) is 102 Å². The van der Waals surface area contributed by atoms with Crippen molar-refractivity contribution in [2.45, 2.75) is 218 Å². The summed E-state index contributed by atoms with van der Waals surface area (Å²) >= 11 is 0. The quantitative estimate of drug-likeness (QED) is 0.0229. The highest BCUT2D eigenvalue weighted by Crippen LogP contribution is 2.23. The molecule has 734 valence electrons. The maximum atomic E-state index is 12.0. The average molecular weight is 1840 g/mol. The van der Waals surface area contributed by atoms with Crippen LogP contribution in [-0.2, 0) is 89.7 Å². The van der Waals surface area contributed by atoms with Gasteiger partial charge in [-0.25, -0.2) is 15.0 Å². The molecule has 8 aromatic heterocycles. The zero-order valence-corrected chi connectivity index (χ0v) is 85.6. The molecule has 8 rings (SSSR count). The molecule has 8 heterocycles. The summed E-state index contributed by atoms with van der Waals surface area (Å²) in [5.74, 6) is 4.09. The van der Waals surface area contributed by atoms with Gasteiger partial charge in [-0.15, -0.1) is 0 Å². The van der Waals surface area contributed by atoms with Gasteiger partial charge in [0.05, 0.1) is 41.7 Å². The van der Waals surface area contributed by atoms with Gasteiger partial charge in [0.1, 0.15) is 11.5 Å². The van der Waals surface area contributed by atoms with Gasteiger partial charge in [0.15, 0.2) is 0 Å². The first kappa shape index (κ1) is 119. The van der Waals surface area contributed by atoms with Crippen molar-refractivity contribution in [3.8, 4) is 29.1 Å². The van der Waals surface area contributed by atoms with Crippen LogP contribution < -0.4 is 61.1 Å². The van der Waals surface area contributed by atoms with Crippen LogP contribution in [0.5, 0.6) is 29.1 Å². The van der Waals surface area contributed by atoms with Crippen LogP contribution in [0.15, 0.2) is 164 Å². The number of aromatic nitrogens is 8. The fourth-order valence-electron chi connectivity index (χ4n) is 10.7. The number of nitrogens with zero attached hydrogens (tertiary/aromatic N) is 9. The Bertz CT molecular complexity index is 4700. The van der Waals surface area contributed by atoms with Crippen molar-refractivity contribution in [3.63, 3.8) is 0 Å². The van der Waals surface area contributed by atoms with Crippen LogP contribution in [-0.4, -0.2) is 199 Å². The Balaban J connectivity index is 0.000000761. The van der Waals surface area contributed by atoms with E-state index in [1.807, 2.05) is 259 Å². The number of pyridine rings is 8. The second kappa shape index (κ2) is 59.3. The number of aromatic amines is 1. The van der Waals surface area contributed by atoms with Crippen molar-refractivity contribution < 1.29 is 62.0 Å². The summed E-state index contributed by atoms with van der Waals surface area (Å²) < 4.78 is 25.4. The zero-order valence-electron chi connectivity index (χ0n) is 85.6. The number of hydrogen-bond donors (Lipinski definition) is 7. The molecule has 0 aliphatic carbocycles. The molecule has 0 aliphatic heterocycles. The molecule has 0 bridgehead atoms. The minimum Gasteiger partial charge on any atom is -0.496 e. The molecule has 30 nitrogen and oxygen atoms in total. The van der Waals surface area contributed by atoms with Gasteiger partial charge in [-0.05, 0) is 127 Å². The summed E-state index contributed by atoms with van der Waals surface area (Å²) in [4.78, 5) is 139. The summed E-state index contributed by atoms with van der Waals surface area (Å²) in [5, 5.41) is 17.4. The molecule has 0 fully saturated rings. The summed E-state index contributed by atoms with van der Waals surface area (Å²) in [6.45, 7) is 50.9. The van der Waals surface area contributed by atoms with Crippen LogP contribution in [0.3, 0.4) is 0 Å². The largest absolute Gasteiger partial charge is 0.496 e. The second-order valence-corrected chi connectivity index (χ2v) is 39.8. The number of likely N-dealkylation sites (N-methyl/N-ethyl adjacent to an activating group) is 2. The Labute approximate surface area is 792 Å². The predicted molar refractivity (Wildman–Crippen MR) is 528 cm³/mol. The number of rotatable bonds is 29. The van der Waals surface area contributed by atoms with Crippen molar-refractivity contribution in [2.24, 2.45) is 43.3 Å². The van der Waals surface area contributed by atoms with Crippen LogP contribution in [0.25, 0.3) is 0 Å². The van der Waals surface area contributed by atoms with Gasteiger partial charge >= 0.3 is 0 Å². The SMILES string of the molecule is CC(C)(C)C(=O)NCCc1ccc(=O)[nH]c1.CC(C)(C)C(=O)NCCc1cccnc1.CC(C)(C)C(=O)NCCc1ccncc1.COc1cc(CCN(C)C(=O)C(C)(C)C)ccn1.COc1ccc(CCN(C)C(=O)C(C)(C)C)cn1.COc1ccc(CCNC(=O)C(C)(C)C)cn1.COc1ccncc1CCNC(=O)C(C)(C)C.COc1cncc(CCNC(=O)C(C)(C)C)c1. The summed E-state index contributed by atoms with van der Waals surface area (Å²) in [6, 6.07) is 26.3. The van der Waals surface area contributed by atoms with Crippen LogP contribution in [0.2, 0.25) is 0 Å². The fourth-order valence-corrected chi connectivity index (χ4v) is 10.7. The third-order valence-electron chi connectivity index (χ3n) is 19.1. The topological polar surface area (TPSA) is 384 Å². The van der Waals surface area contributed by atoms with Gasteiger partial charge in [-0.3, -0.25) is 63.1 Å². The molecule has 133 heavy (non-hydrogen) atoms. The van der Waals surface area contributed by atoms with Gasteiger partial charge in [0, 0.05) is 208 Å². The van der Waals surface area contributed by atoms with Gasteiger partial charge in [0.25, 0.3) is 0 Å². The molecule has 8 aromatic rings. The zero-order chi connectivity index (χ0) is 101. The maximum absolute atomic E-state index is 12.0. The van der Waals surface area contributed by atoms with E-state index in [-0.39, 0.29) is 96.1 Å². The minimum atomic E-state index is -0.356. The lowest BCUT2D eigenvalue weighted by molar-refractivity contribution is -0.138. The maximum Gasteiger partial charge on any atom is 0.247 e. The molecule has 30 heteroatoms. The van der Waals surface area contributed by atoms with E-state index in [2.05, 4.69) is 71.8 Å². The number of ether oxygens (including phenoxy) is 5. The monoisotopic (exact) mass is 1840 g/mol. The summed E-state index contributed by atoms with van der Waals surface area (Å²) in [7, 11) is 11.7. The molecular weight excluding hydrogens is 1690 g/mol. The number of H-pyrrole nitrogens is 1. The van der Waals surface area contributed by atoms with Crippen molar-refractivity contribution in [3.05, 3.63) is 214 Å². The van der Waals surface area contributed by atoms with E-state index in [1.54, 1.807) is 120 Å². The molecule has 8 amide bonds. The molecule has 0 saturated carbocycles. The lowest BCUT2D eigenvalue weighted by Crippen LogP contribution is -2.37. The van der Waals surface area contributed by atoms with Crippen LogP contribution in [0.4, 0.5) is 0 Å². The Hall–Kier alpha value is -12.2. The van der Waals surface area contributed by atoms with E-state index >= 15 is 0 Å². The highest BCUT2D eigenvalue weighted by Gasteiger charge is 2.28. The van der Waals surface area contributed by atoms with Crippen molar-refractivity contribution in [1.29, 1.82) is 0 Å².